The first-order valence-electron chi connectivity index (χ1n) is 11.3. The molecule has 0 amide bonds. The van der Waals surface area contributed by atoms with Crippen LogP contribution in [0.1, 0.15) is 59.3 Å². The Kier molecular flexibility index (Phi) is 7.98. The Morgan fingerprint density at radius 1 is 0.862 bits per heavy atom. The first kappa shape index (κ1) is 22.1. The summed E-state index contributed by atoms with van der Waals surface area (Å²) in [5.41, 5.74) is 2.85. The van der Waals surface area contributed by atoms with Crippen LogP contribution in [0.15, 0.2) is 42.9 Å². The van der Waals surface area contributed by atoms with Crippen molar-refractivity contribution >= 4 is 27.7 Å². The van der Waals surface area contributed by atoms with E-state index in [-0.39, 0.29) is 5.75 Å². The standard InChI is InChI=1S/C12H8N3O.3C4H9.Sn/c16-10-3-1-9(2-4-10)11-8-15-6-5-13-7-12(15)14-11;3*1-3-4-2;/h1-4,6-8,16H;3*1,3-4H2,2H3;. The van der Waals surface area contributed by atoms with Gasteiger partial charge < -0.3 is 0 Å². The van der Waals surface area contributed by atoms with Crippen molar-refractivity contribution in [3.8, 4) is 17.0 Å². The second kappa shape index (κ2) is 10.5. The molecule has 3 aromatic rings. The van der Waals surface area contributed by atoms with E-state index in [4.69, 9.17) is 9.97 Å². The first-order valence-corrected chi connectivity index (χ1v) is 18.7. The molecule has 0 saturated carbocycles. The average molecular weight is 500 g/mol. The molecule has 0 aliphatic rings. The third kappa shape index (κ3) is 5.33. The van der Waals surface area contributed by atoms with Crippen LogP contribution in [-0.4, -0.2) is 37.9 Å². The van der Waals surface area contributed by atoms with Gasteiger partial charge in [-0.15, -0.1) is 0 Å². The molecule has 2 heterocycles. The SMILES string of the molecule is CCC[CH2][Sn]([CH2]CCC)([CH2]CCC)[c]1cn2cc(-c3ccc(O)cc3)nc2cn1. The molecule has 4 nitrogen and oxygen atoms in total. The molecular weight excluding hydrogens is 465 g/mol. The topological polar surface area (TPSA) is 50.4 Å². The summed E-state index contributed by atoms with van der Waals surface area (Å²) in [6.45, 7) is 6.94. The summed E-state index contributed by atoms with van der Waals surface area (Å²) in [4.78, 5) is 9.79. The molecule has 2 aromatic heterocycles. The molecule has 0 atom stereocenters. The van der Waals surface area contributed by atoms with Gasteiger partial charge in [0.25, 0.3) is 0 Å². The van der Waals surface area contributed by atoms with E-state index in [2.05, 4.69) is 37.6 Å². The Morgan fingerprint density at radius 3 is 2.00 bits per heavy atom. The Hall–Kier alpha value is -1.56. The van der Waals surface area contributed by atoms with Crippen LogP contribution < -0.4 is 3.71 Å². The van der Waals surface area contributed by atoms with Gasteiger partial charge >= 0.3 is 180 Å². The summed E-state index contributed by atoms with van der Waals surface area (Å²) in [5.74, 6) is 0.281. The molecule has 0 saturated heterocycles. The van der Waals surface area contributed by atoms with Gasteiger partial charge in [-0.2, -0.15) is 0 Å². The van der Waals surface area contributed by atoms with E-state index in [0.29, 0.717) is 0 Å². The molecule has 1 aromatic carbocycles. The fourth-order valence-electron chi connectivity index (χ4n) is 4.25. The Bertz CT molecular complexity index is 882. The van der Waals surface area contributed by atoms with Crippen LogP contribution in [-0.2, 0) is 0 Å². The van der Waals surface area contributed by atoms with Gasteiger partial charge in [-0.25, -0.2) is 0 Å². The number of aromatic hydroxyl groups is 1. The van der Waals surface area contributed by atoms with Crippen LogP contribution >= 0.6 is 0 Å². The van der Waals surface area contributed by atoms with Crippen LogP contribution in [0.25, 0.3) is 16.9 Å². The van der Waals surface area contributed by atoms with Crippen molar-refractivity contribution in [2.24, 2.45) is 0 Å². The minimum absolute atomic E-state index is 0.281. The zero-order valence-electron chi connectivity index (χ0n) is 18.2. The van der Waals surface area contributed by atoms with Gasteiger partial charge in [-0.05, 0) is 0 Å². The second-order valence-electron chi connectivity index (χ2n) is 8.30. The Balaban J connectivity index is 1.99. The monoisotopic (exact) mass is 501 g/mol. The summed E-state index contributed by atoms with van der Waals surface area (Å²) in [7, 11) is 0. The third-order valence-corrected chi connectivity index (χ3v) is 21.1. The molecule has 1 N–H and O–H groups in total. The second-order valence-corrected chi connectivity index (χ2v) is 21.4. The molecule has 0 spiro atoms. The van der Waals surface area contributed by atoms with Crippen molar-refractivity contribution in [1.82, 2.24) is 14.4 Å². The van der Waals surface area contributed by atoms with E-state index in [1.807, 2.05) is 18.3 Å². The number of unbranched alkanes of at least 4 members (excludes halogenated alkanes) is 3. The zero-order valence-corrected chi connectivity index (χ0v) is 21.0. The van der Waals surface area contributed by atoms with Crippen molar-refractivity contribution in [3.63, 3.8) is 0 Å². The van der Waals surface area contributed by atoms with Gasteiger partial charge in [0, 0.05) is 0 Å². The van der Waals surface area contributed by atoms with Gasteiger partial charge in [0.2, 0.25) is 0 Å². The molecule has 0 unspecified atom stereocenters. The molecule has 0 bridgehead atoms. The molecule has 0 radical (unpaired) electrons. The normalized spacial score (nSPS) is 12.0. The van der Waals surface area contributed by atoms with E-state index >= 15 is 0 Å². The van der Waals surface area contributed by atoms with Crippen molar-refractivity contribution in [2.75, 3.05) is 0 Å². The number of fused-ring (bicyclic) bond motifs is 1. The van der Waals surface area contributed by atoms with Crippen LogP contribution in [0.3, 0.4) is 0 Å². The first-order chi connectivity index (χ1) is 14.1. The summed E-state index contributed by atoms with van der Waals surface area (Å²) in [6.07, 6.45) is 14.2. The quantitative estimate of drug-likeness (QED) is 0.321. The van der Waals surface area contributed by atoms with E-state index in [1.54, 1.807) is 12.1 Å². The molecular formula is C24H35N3OSn. The van der Waals surface area contributed by atoms with Crippen LogP contribution in [0.2, 0.25) is 13.3 Å². The molecule has 0 aliphatic heterocycles. The van der Waals surface area contributed by atoms with Gasteiger partial charge in [-0.3, -0.25) is 0 Å². The predicted molar refractivity (Wildman–Crippen MR) is 125 cm³/mol. The third-order valence-electron chi connectivity index (χ3n) is 6.07. The number of benzene rings is 1. The number of hydrogen-bond donors (Lipinski definition) is 1. The number of hydrogen-bond acceptors (Lipinski definition) is 3. The van der Waals surface area contributed by atoms with E-state index in [9.17, 15) is 5.11 Å². The van der Waals surface area contributed by atoms with Gasteiger partial charge in [-0.1, -0.05) is 0 Å². The fraction of sp³-hybridized carbons (Fsp3) is 0.500. The maximum atomic E-state index is 9.55. The summed E-state index contributed by atoms with van der Waals surface area (Å²) in [6, 6.07) is 7.26. The molecule has 156 valence electrons. The fourth-order valence-corrected chi connectivity index (χ4v) is 19.5. The molecule has 0 aliphatic carbocycles. The number of aromatic nitrogens is 3. The average Bonchev–Trinajstić information content (AvgIpc) is 3.17. The van der Waals surface area contributed by atoms with E-state index < -0.39 is 18.4 Å². The van der Waals surface area contributed by atoms with Crippen LogP contribution in [0, 0.1) is 0 Å². The zero-order chi connectivity index (χ0) is 20.7. The van der Waals surface area contributed by atoms with Crippen molar-refractivity contribution in [1.29, 1.82) is 0 Å². The number of imidazole rings is 1. The minimum atomic E-state index is -2.54. The summed E-state index contributed by atoms with van der Waals surface area (Å²) in [5, 5.41) is 9.55. The molecule has 29 heavy (non-hydrogen) atoms. The number of phenols is 1. The molecule has 5 heteroatoms. The Morgan fingerprint density at radius 2 is 1.45 bits per heavy atom. The van der Waals surface area contributed by atoms with Crippen molar-refractivity contribution in [3.05, 3.63) is 42.9 Å². The Labute approximate surface area is 179 Å². The van der Waals surface area contributed by atoms with Crippen molar-refractivity contribution < 1.29 is 5.11 Å². The van der Waals surface area contributed by atoms with Crippen LogP contribution in [0.5, 0.6) is 5.75 Å². The molecule has 0 fully saturated rings. The number of rotatable bonds is 11. The number of nitrogens with zero attached hydrogens (tertiary/aromatic N) is 3. The van der Waals surface area contributed by atoms with Crippen LogP contribution in [0.4, 0.5) is 0 Å². The van der Waals surface area contributed by atoms with Crippen molar-refractivity contribution in [2.45, 2.75) is 72.6 Å². The predicted octanol–water partition coefficient (Wildman–Crippen LogP) is 6.16. The van der Waals surface area contributed by atoms with Gasteiger partial charge in [0.05, 0.1) is 0 Å². The maximum absolute atomic E-state index is 9.55. The van der Waals surface area contributed by atoms with E-state index in [0.717, 1.165) is 16.9 Å². The summed E-state index contributed by atoms with van der Waals surface area (Å²) >= 11 is -2.54. The number of phenolic OH excluding ortho intramolecular Hbond substituents is 1. The summed E-state index contributed by atoms with van der Waals surface area (Å²) < 4.78 is 7.87. The van der Waals surface area contributed by atoms with Gasteiger partial charge in [0.1, 0.15) is 0 Å². The molecule has 3 rings (SSSR count). The van der Waals surface area contributed by atoms with E-state index in [1.165, 1.54) is 55.5 Å². The van der Waals surface area contributed by atoms with Gasteiger partial charge in [0.15, 0.2) is 0 Å².